The Kier molecular flexibility index (Phi) is 1.74. The van der Waals surface area contributed by atoms with E-state index in [1.54, 1.807) is 0 Å². The summed E-state index contributed by atoms with van der Waals surface area (Å²) in [5.41, 5.74) is 5.80. The molecule has 1 aliphatic carbocycles. The van der Waals surface area contributed by atoms with Crippen molar-refractivity contribution in [2.75, 3.05) is 0 Å². The molecule has 3 atom stereocenters. The molecule has 0 aliphatic heterocycles. The summed E-state index contributed by atoms with van der Waals surface area (Å²) in [4.78, 5) is 1.52. The van der Waals surface area contributed by atoms with Gasteiger partial charge in [-0.25, -0.2) is 0 Å². The van der Waals surface area contributed by atoms with Crippen LogP contribution >= 0.6 is 11.3 Å². The Labute approximate surface area is 71.2 Å². The Bertz CT molecular complexity index is 228. The van der Waals surface area contributed by atoms with Gasteiger partial charge in [0.1, 0.15) is 0 Å². The number of hydrogen-bond donors (Lipinski definition) is 1. The third kappa shape index (κ3) is 1.33. The normalized spacial score (nSPS) is 31.8. The van der Waals surface area contributed by atoms with E-state index in [0.29, 0.717) is 6.04 Å². The van der Waals surface area contributed by atoms with Crippen molar-refractivity contribution >= 4 is 11.3 Å². The predicted octanol–water partition coefficient (Wildman–Crippen LogP) is 2.20. The van der Waals surface area contributed by atoms with E-state index >= 15 is 0 Å². The van der Waals surface area contributed by atoms with Crippen molar-refractivity contribution in [3.63, 3.8) is 0 Å². The molecule has 0 aromatic carbocycles. The fraction of sp³-hybridized carbons (Fsp3) is 0.556. The smallest absolute Gasteiger partial charge is 0.00796 e. The predicted molar refractivity (Wildman–Crippen MR) is 48.8 cm³/mol. The highest BCUT2D eigenvalue weighted by atomic mass is 32.1. The second kappa shape index (κ2) is 2.61. The van der Waals surface area contributed by atoms with Crippen molar-refractivity contribution in [2.45, 2.75) is 25.3 Å². The van der Waals surface area contributed by atoms with Gasteiger partial charge in [0.25, 0.3) is 0 Å². The standard InChI is InChI=1S/C9H13NS/c1-6(10)7-5-8(7)9-3-2-4-11-9/h2-4,6-8H,5,10H2,1H3/t6-,7-,8+/m0/s1. The third-order valence-electron chi connectivity index (χ3n) is 2.42. The van der Waals surface area contributed by atoms with Crippen molar-refractivity contribution in [2.24, 2.45) is 11.7 Å². The Balaban J connectivity index is 2.02. The summed E-state index contributed by atoms with van der Waals surface area (Å²) in [5.74, 6) is 1.55. The van der Waals surface area contributed by atoms with Crippen LogP contribution in [0.2, 0.25) is 0 Å². The number of nitrogens with two attached hydrogens (primary N) is 1. The van der Waals surface area contributed by atoms with E-state index in [1.807, 2.05) is 11.3 Å². The average molecular weight is 167 g/mol. The number of rotatable bonds is 2. The van der Waals surface area contributed by atoms with Crippen LogP contribution in [0, 0.1) is 5.92 Å². The summed E-state index contributed by atoms with van der Waals surface area (Å²) in [7, 11) is 0. The largest absolute Gasteiger partial charge is 0.328 e. The minimum absolute atomic E-state index is 0.377. The van der Waals surface area contributed by atoms with Crippen molar-refractivity contribution < 1.29 is 0 Å². The van der Waals surface area contributed by atoms with Gasteiger partial charge in [0.15, 0.2) is 0 Å². The molecule has 0 bridgehead atoms. The van der Waals surface area contributed by atoms with Crippen molar-refractivity contribution in [1.29, 1.82) is 0 Å². The molecule has 1 aromatic rings. The molecule has 1 nitrogen and oxygen atoms in total. The van der Waals surface area contributed by atoms with Gasteiger partial charge in [-0.3, -0.25) is 0 Å². The molecule has 60 valence electrons. The Morgan fingerprint density at radius 1 is 1.73 bits per heavy atom. The van der Waals surface area contributed by atoms with E-state index in [1.165, 1.54) is 11.3 Å². The molecule has 0 radical (unpaired) electrons. The van der Waals surface area contributed by atoms with Crippen LogP contribution in [-0.4, -0.2) is 6.04 Å². The van der Waals surface area contributed by atoms with Crippen molar-refractivity contribution in [1.82, 2.24) is 0 Å². The molecule has 0 spiro atoms. The highest BCUT2D eigenvalue weighted by molar-refractivity contribution is 7.10. The Morgan fingerprint density at radius 2 is 2.55 bits per heavy atom. The van der Waals surface area contributed by atoms with E-state index < -0.39 is 0 Å². The van der Waals surface area contributed by atoms with Crippen LogP contribution in [0.15, 0.2) is 17.5 Å². The van der Waals surface area contributed by atoms with Crippen molar-refractivity contribution in [3.05, 3.63) is 22.4 Å². The molecule has 1 aromatic heterocycles. The summed E-state index contributed by atoms with van der Waals surface area (Å²) in [6, 6.07) is 4.72. The highest BCUT2D eigenvalue weighted by Crippen LogP contribution is 2.50. The van der Waals surface area contributed by atoms with Gasteiger partial charge >= 0.3 is 0 Å². The fourth-order valence-corrected chi connectivity index (χ4v) is 2.54. The molecule has 2 heteroatoms. The summed E-state index contributed by atoms with van der Waals surface area (Å²) >= 11 is 1.86. The second-order valence-corrected chi connectivity index (χ2v) is 4.36. The quantitative estimate of drug-likeness (QED) is 0.718. The third-order valence-corrected chi connectivity index (χ3v) is 3.43. The van der Waals surface area contributed by atoms with E-state index in [4.69, 9.17) is 5.73 Å². The zero-order valence-electron chi connectivity index (χ0n) is 6.66. The second-order valence-electron chi connectivity index (χ2n) is 3.38. The SMILES string of the molecule is C[C@H](N)[C@@H]1C[C@H]1c1cccs1. The topological polar surface area (TPSA) is 26.0 Å². The van der Waals surface area contributed by atoms with Crippen LogP contribution in [0.1, 0.15) is 24.1 Å². The minimum Gasteiger partial charge on any atom is -0.328 e. The first-order valence-corrected chi connectivity index (χ1v) is 4.96. The maximum atomic E-state index is 5.80. The minimum atomic E-state index is 0.377. The zero-order valence-corrected chi connectivity index (χ0v) is 7.47. The van der Waals surface area contributed by atoms with Crippen LogP contribution in [-0.2, 0) is 0 Å². The zero-order chi connectivity index (χ0) is 7.84. The lowest BCUT2D eigenvalue weighted by atomic mass is 10.2. The van der Waals surface area contributed by atoms with Gasteiger partial charge in [-0.1, -0.05) is 6.07 Å². The van der Waals surface area contributed by atoms with Crippen LogP contribution in [0.3, 0.4) is 0 Å². The summed E-state index contributed by atoms with van der Waals surface area (Å²) in [6.07, 6.45) is 1.30. The summed E-state index contributed by atoms with van der Waals surface area (Å²) in [6.45, 7) is 2.11. The first-order chi connectivity index (χ1) is 5.29. The lowest BCUT2D eigenvalue weighted by Gasteiger charge is -2.00. The first-order valence-electron chi connectivity index (χ1n) is 4.08. The van der Waals surface area contributed by atoms with E-state index in [9.17, 15) is 0 Å². The fourth-order valence-electron chi connectivity index (χ4n) is 1.63. The van der Waals surface area contributed by atoms with Gasteiger partial charge in [-0.15, -0.1) is 11.3 Å². The molecule has 11 heavy (non-hydrogen) atoms. The van der Waals surface area contributed by atoms with Gasteiger partial charge in [0.05, 0.1) is 0 Å². The molecule has 0 amide bonds. The maximum absolute atomic E-state index is 5.80. The lowest BCUT2D eigenvalue weighted by Crippen LogP contribution is -2.17. The molecule has 1 saturated carbocycles. The molecule has 1 heterocycles. The molecular formula is C9H13NS. The summed E-state index contributed by atoms with van der Waals surface area (Å²) in [5, 5.41) is 2.14. The monoisotopic (exact) mass is 167 g/mol. The van der Waals surface area contributed by atoms with E-state index in [2.05, 4.69) is 24.4 Å². The van der Waals surface area contributed by atoms with Gasteiger partial charge in [-0.05, 0) is 36.6 Å². The first kappa shape index (κ1) is 7.32. The van der Waals surface area contributed by atoms with E-state index in [0.717, 1.165) is 11.8 Å². The Morgan fingerprint density at radius 3 is 3.00 bits per heavy atom. The van der Waals surface area contributed by atoms with Crippen LogP contribution in [0.5, 0.6) is 0 Å². The average Bonchev–Trinajstić information content (AvgIpc) is 2.60. The Hall–Kier alpha value is -0.340. The van der Waals surface area contributed by atoms with Gasteiger partial charge < -0.3 is 5.73 Å². The lowest BCUT2D eigenvalue weighted by molar-refractivity contribution is 0.633. The summed E-state index contributed by atoms with van der Waals surface area (Å²) < 4.78 is 0. The molecule has 0 saturated heterocycles. The van der Waals surface area contributed by atoms with Crippen LogP contribution in [0.4, 0.5) is 0 Å². The van der Waals surface area contributed by atoms with Gasteiger partial charge in [-0.2, -0.15) is 0 Å². The van der Waals surface area contributed by atoms with Crippen molar-refractivity contribution in [3.8, 4) is 0 Å². The number of hydrogen-bond acceptors (Lipinski definition) is 2. The molecule has 0 unspecified atom stereocenters. The van der Waals surface area contributed by atoms with E-state index in [-0.39, 0.29) is 0 Å². The highest BCUT2D eigenvalue weighted by Gasteiger charge is 2.41. The number of thiophene rings is 1. The van der Waals surface area contributed by atoms with Gasteiger partial charge in [0, 0.05) is 10.9 Å². The molecule has 1 fully saturated rings. The van der Waals surface area contributed by atoms with Crippen LogP contribution in [0.25, 0.3) is 0 Å². The molecular weight excluding hydrogens is 154 g/mol. The molecule has 2 rings (SSSR count). The molecule has 2 N–H and O–H groups in total. The maximum Gasteiger partial charge on any atom is 0.00796 e. The van der Waals surface area contributed by atoms with Crippen LogP contribution < -0.4 is 5.73 Å². The molecule has 1 aliphatic rings. The van der Waals surface area contributed by atoms with Gasteiger partial charge in [0.2, 0.25) is 0 Å².